The van der Waals surface area contributed by atoms with Crippen LogP contribution < -0.4 is 4.90 Å². The van der Waals surface area contributed by atoms with Gasteiger partial charge in [0.25, 0.3) is 0 Å². The van der Waals surface area contributed by atoms with Gasteiger partial charge in [-0.05, 0) is 52.0 Å². The third-order valence-electron chi connectivity index (χ3n) is 3.78. The molecular weight excluding hydrogens is 333 g/mol. The molecule has 0 saturated carbocycles. The first-order valence-corrected chi connectivity index (χ1v) is 7.77. The third kappa shape index (κ3) is 2.86. The molecule has 0 fully saturated rings. The van der Waals surface area contributed by atoms with Crippen molar-refractivity contribution in [3.63, 3.8) is 0 Å². The molecule has 1 aliphatic heterocycles. The van der Waals surface area contributed by atoms with E-state index in [9.17, 15) is 9.18 Å². The number of hydrogen-bond acceptors (Lipinski definition) is 1. The largest absolute Gasteiger partial charge is 0.312 e. The first-order valence-electron chi connectivity index (χ1n) is 6.98. The fourth-order valence-corrected chi connectivity index (χ4v) is 3.14. The molecule has 1 amide bonds. The van der Waals surface area contributed by atoms with Gasteiger partial charge in [0.2, 0.25) is 5.91 Å². The van der Waals surface area contributed by atoms with Gasteiger partial charge in [0, 0.05) is 12.2 Å². The molecule has 2 aromatic rings. The first kappa shape index (κ1) is 14.3. The molecule has 0 N–H and O–H groups in total. The Morgan fingerprint density at radius 1 is 1.19 bits per heavy atom. The van der Waals surface area contributed by atoms with Crippen LogP contribution in [-0.2, 0) is 17.6 Å². The van der Waals surface area contributed by atoms with E-state index in [1.54, 1.807) is 23.1 Å². The molecule has 3 rings (SSSR count). The van der Waals surface area contributed by atoms with E-state index in [-0.39, 0.29) is 18.1 Å². The fraction of sp³-hybridized carbons (Fsp3) is 0.235. The van der Waals surface area contributed by atoms with Gasteiger partial charge >= 0.3 is 0 Å². The van der Waals surface area contributed by atoms with Crippen molar-refractivity contribution in [1.29, 1.82) is 0 Å². The third-order valence-corrected chi connectivity index (χ3v) is 4.40. The number of amides is 1. The molecule has 0 unspecified atom stereocenters. The maximum atomic E-state index is 14.0. The molecular formula is C17H15BrFNO. The Morgan fingerprint density at radius 2 is 2.00 bits per heavy atom. The first-order chi connectivity index (χ1) is 10.2. The van der Waals surface area contributed by atoms with Gasteiger partial charge in [-0.1, -0.05) is 30.3 Å². The van der Waals surface area contributed by atoms with Crippen LogP contribution in [-0.4, -0.2) is 12.5 Å². The lowest BCUT2D eigenvalue weighted by Gasteiger charge is -2.29. The lowest BCUT2D eigenvalue weighted by Crippen LogP contribution is -2.36. The van der Waals surface area contributed by atoms with Crippen molar-refractivity contribution in [1.82, 2.24) is 0 Å². The van der Waals surface area contributed by atoms with E-state index in [1.807, 2.05) is 18.2 Å². The van der Waals surface area contributed by atoms with Crippen LogP contribution in [0.3, 0.4) is 0 Å². The van der Waals surface area contributed by atoms with E-state index in [4.69, 9.17) is 0 Å². The molecule has 0 aliphatic carbocycles. The molecule has 1 aliphatic rings. The Balaban J connectivity index is 1.85. The second kappa shape index (κ2) is 5.98. The predicted octanol–water partition coefficient (Wildman–Crippen LogP) is 4.11. The van der Waals surface area contributed by atoms with Crippen LogP contribution >= 0.6 is 15.9 Å². The smallest absolute Gasteiger partial charge is 0.231 e. The maximum absolute atomic E-state index is 14.0. The number of rotatable bonds is 2. The van der Waals surface area contributed by atoms with Crippen LogP contribution in [0, 0.1) is 5.82 Å². The molecule has 1 heterocycles. The summed E-state index contributed by atoms with van der Waals surface area (Å²) in [6.45, 7) is 0.700. The Morgan fingerprint density at radius 3 is 2.86 bits per heavy atom. The molecule has 0 spiro atoms. The van der Waals surface area contributed by atoms with Gasteiger partial charge in [-0.2, -0.15) is 0 Å². The number of halogens is 2. The van der Waals surface area contributed by atoms with Gasteiger partial charge in [-0.3, -0.25) is 4.79 Å². The van der Waals surface area contributed by atoms with Crippen LogP contribution in [0.1, 0.15) is 17.5 Å². The highest BCUT2D eigenvalue weighted by atomic mass is 79.9. The van der Waals surface area contributed by atoms with Crippen molar-refractivity contribution >= 4 is 27.5 Å². The number of benzene rings is 2. The maximum Gasteiger partial charge on any atom is 0.231 e. The summed E-state index contributed by atoms with van der Waals surface area (Å²) in [6.07, 6.45) is 2.02. The predicted molar refractivity (Wildman–Crippen MR) is 84.9 cm³/mol. The molecule has 0 bridgehead atoms. The van der Waals surface area contributed by atoms with Crippen molar-refractivity contribution in [2.24, 2.45) is 0 Å². The average Bonchev–Trinajstić information content (AvgIpc) is 2.51. The van der Waals surface area contributed by atoms with Crippen molar-refractivity contribution in [3.8, 4) is 0 Å². The van der Waals surface area contributed by atoms with E-state index < -0.39 is 0 Å². The quantitative estimate of drug-likeness (QED) is 0.800. The van der Waals surface area contributed by atoms with Crippen LogP contribution in [0.15, 0.2) is 46.9 Å². The van der Waals surface area contributed by atoms with Crippen LogP contribution in [0.4, 0.5) is 10.1 Å². The highest BCUT2D eigenvalue weighted by molar-refractivity contribution is 9.10. The van der Waals surface area contributed by atoms with Crippen molar-refractivity contribution < 1.29 is 9.18 Å². The number of fused-ring (bicyclic) bond motifs is 1. The SMILES string of the molecule is O=C(Cc1cccc(Br)c1F)N1CCCc2ccccc21. The fourth-order valence-electron chi connectivity index (χ4n) is 2.74. The second-order valence-corrected chi connectivity index (χ2v) is 6.02. The van der Waals surface area contributed by atoms with Gasteiger partial charge in [0.05, 0.1) is 10.9 Å². The summed E-state index contributed by atoms with van der Waals surface area (Å²) in [7, 11) is 0. The van der Waals surface area contributed by atoms with Crippen LogP contribution in [0.25, 0.3) is 0 Å². The topological polar surface area (TPSA) is 20.3 Å². The molecule has 108 valence electrons. The molecule has 0 aromatic heterocycles. The molecule has 0 atom stereocenters. The molecule has 21 heavy (non-hydrogen) atoms. The van der Waals surface area contributed by atoms with Crippen molar-refractivity contribution in [2.45, 2.75) is 19.3 Å². The van der Waals surface area contributed by atoms with E-state index in [1.165, 1.54) is 5.56 Å². The van der Waals surface area contributed by atoms with Gasteiger partial charge < -0.3 is 4.90 Å². The lowest BCUT2D eigenvalue weighted by molar-refractivity contribution is -0.118. The van der Waals surface area contributed by atoms with E-state index in [2.05, 4.69) is 22.0 Å². The van der Waals surface area contributed by atoms with Crippen molar-refractivity contribution in [2.75, 3.05) is 11.4 Å². The van der Waals surface area contributed by atoms with Gasteiger partial charge in [0.15, 0.2) is 0 Å². The summed E-state index contributed by atoms with van der Waals surface area (Å²) in [5.41, 5.74) is 2.58. The number of nitrogens with zero attached hydrogens (tertiary/aromatic N) is 1. The number of hydrogen-bond donors (Lipinski definition) is 0. The Hall–Kier alpha value is -1.68. The minimum absolute atomic E-state index is 0.0563. The summed E-state index contributed by atoms with van der Waals surface area (Å²) in [5, 5.41) is 0. The monoisotopic (exact) mass is 347 g/mol. The summed E-state index contributed by atoms with van der Waals surface area (Å²) in [6, 6.07) is 13.0. The summed E-state index contributed by atoms with van der Waals surface area (Å²) < 4.78 is 14.4. The number of para-hydroxylation sites is 1. The summed E-state index contributed by atoms with van der Waals surface area (Å²) in [4.78, 5) is 14.3. The average molecular weight is 348 g/mol. The Labute approximate surface area is 131 Å². The Bertz CT molecular complexity index is 686. The number of carbonyl (C=O) groups excluding carboxylic acids is 1. The minimum Gasteiger partial charge on any atom is -0.312 e. The standard InChI is InChI=1S/C17H15BrFNO/c18-14-8-3-6-13(17(14)19)11-16(21)20-10-4-7-12-5-1-2-9-15(12)20/h1-3,5-6,8-9H,4,7,10-11H2. The van der Waals surface area contributed by atoms with Gasteiger partial charge in [0.1, 0.15) is 5.82 Å². The van der Waals surface area contributed by atoms with Crippen LogP contribution in [0.5, 0.6) is 0 Å². The zero-order chi connectivity index (χ0) is 14.8. The lowest BCUT2D eigenvalue weighted by atomic mass is 10.0. The van der Waals surface area contributed by atoms with Crippen molar-refractivity contribution in [3.05, 3.63) is 63.9 Å². The second-order valence-electron chi connectivity index (χ2n) is 5.17. The minimum atomic E-state index is -0.351. The van der Waals surface area contributed by atoms with E-state index in [0.29, 0.717) is 16.6 Å². The zero-order valence-electron chi connectivity index (χ0n) is 11.5. The Kier molecular flexibility index (Phi) is 4.06. The van der Waals surface area contributed by atoms with Gasteiger partial charge in [-0.25, -0.2) is 4.39 Å². The highest BCUT2D eigenvalue weighted by Crippen LogP contribution is 2.28. The summed E-state index contributed by atoms with van der Waals surface area (Å²) in [5.74, 6) is -0.407. The normalized spacial score (nSPS) is 13.9. The molecule has 2 aromatic carbocycles. The number of aryl methyl sites for hydroxylation is 1. The molecule has 2 nitrogen and oxygen atoms in total. The van der Waals surface area contributed by atoms with E-state index in [0.717, 1.165) is 18.5 Å². The van der Waals surface area contributed by atoms with Gasteiger partial charge in [-0.15, -0.1) is 0 Å². The van der Waals surface area contributed by atoms with E-state index >= 15 is 0 Å². The number of anilines is 1. The highest BCUT2D eigenvalue weighted by Gasteiger charge is 2.23. The number of carbonyl (C=O) groups is 1. The molecule has 4 heteroatoms. The van der Waals surface area contributed by atoms with Crippen LogP contribution in [0.2, 0.25) is 0 Å². The zero-order valence-corrected chi connectivity index (χ0v) is 13.1. The molecule has 0 radical (unpaired) electrons. The molecule has 0 saturated heterocycles. The summed E-state index contributed by atoms with van der Waals surface area (Å²) >= 11 is 3.16.